The zero-order chi connectivity index (χ0) is 12.7. The fourth-order valence-corrected chi connectivity index (χ4v) is 2.20. The van der Waals surface area contributed by atoms with Gasteiger partial charge < -0.3 is 15.5 Å². The van der Waals surface area contributed by atoms with Gasteiger partial charge in [0.15, 0.2) is 0 Å². The normalized spacial score (nSPS) is 19.6. The number of rotatable bonds is 6. The van der Waals surface area contributed by atoms with Crippen molar-refractivity contribution < 1.29 is 4.79 Å². The molecule has 1 aliphatic rings. The minimum Gasteiger partial charge on any atom is -0.338 e. The first-order valence-electron chi connectivity index (χ1n) is 6.89. The molecule has 1 heterocycles. The van der Waals surface area contributed by atoms with E-state index < -0.39 is 0 Å². The van der Waals surface area contributed by atoms with E-state index in [1.54, 1.807) is 0 Å². The minimum absolute atomic E-state index is 0.0919. The van der Waals surface area contributed by atoms with Crippen molar-refractivity contribution in [3.05, 3.63) is 0 Å². The standard InChI is InChI=1S/C13H27N3O/c1-4-7-15-13(17)16(9-11(2)3)10-12-6-5-8-14-12/h11-12,14H,4-10H2,1-3H3,(H,15,17). The van der Waals surface area contributed by atoms with E-state index in [1.165, 1.54) is 12.8 Å². The van der Waals surface area contributed by atoms with Gasteiger partial charge in [-0.3, -0.25) is 0 Å². The number of nitrogens with one attached hydrogen (secondary N) is 2. The maximum atomic E-state index is 12.0. The summed E-state index contributed by atoms with van der Waals surface area (Å²) in [5, 5.41) is 6.42. The van der Waals surface area contributed by atoms with Gasteiger partial charge in [-0.15, -0.1) is 0 Å². The SMILES string of the molecule is CCCNC(=O)N(CC(C)C)CC1CCCN1. The Hall–Kier alpha value is -0.770. The van der Waals surface area contributed by atoms with Crippen molar-refractivity contribution in [1.82, 2.24) is 15.5 Å². The fourth-order valence-electron chi connectivity index (χ4n) is 2.20. The van der Waals surface area contributed by atoms with Gasteiger partial charge in [-0.05, 0) is 31.7 Å². The molecule has 0 aromatic carbocycles. The van der Waals surface area contributed by atoms with Crippen LogP contribution < -0.4 is 10.6 Å². The molecule has 4 nitrogen and oxygen atoms in total. The first-order chi connectivity index (χ1) is 8.13. The second kappa shape index (κ2) is 7.54. The molecule has 0 aliphatic carbocycles. The summed E-state index contributed by atoms with van der Waals surface area (Å²) in [7, 11) is 0. The van der Waals surface area contributed by atoms with Crippen LogP contribution in [-0.2, 0) is 0 Å². The third-order valence-corrected chi connectivity index (χ3v) is 3.00. The minimum atomic E-state index is 0.0919. The topological polar surface area (TPSA) is 44.4 Å². The molecular weight excluding hydrogens is 214 g/mol. The molecule has 0 aromatic heterocycles. The van der Waals surface area contributed by atoms with Crippen LogP contribution in [0.15, 0.2) is 0 Å². The van der Waals surface area contributed by atoms with Crippen LogP contribution in [0.3, 0.4) is 0 Å². The van der Waals surface area contributed by atoms with E-state index in [-0.39, 0.29) is 6.03 Å². The molecular formula is C13H27N3O. The van der Waals surface area contributed by atoms with E-state index in [0.29, 0.717) is 12.0 Å². The number of urea groups is 1. The average molecular weight is 241 g/mol. The van der Waals surface area contributed by atoms with E-state index >= 15 is 0 Å². The molecule has 1 fully saturated rings. The van der Waals surface area contributed by atoms with Crippen LogP contribution in [0.4, 0.5) is 4.79 Å². The third-order valence-electron chi connectivity index (χ3n) is 3.00. The lowest BCUT2D eigenvalue weighted by Crippen LogP contribution is -2.47. The lowest BCUT2D eigenvalue weighted by molar-refractivity contribution is 0.185. The highest BCUT2D eigenvalue weighted by Crippen LogP contribution is 2.09. The molecule has 2 N–H and O–H groups in total. The lowest BCUT2D eigenvalue weighted by Gasteiger charge is -2.27. The zero-order valence-electron chi connectivity index (χ0n) is 11.5. The molecule has 0 spiro atoms. The zero-order valence-corrected chi connectivity index (χ0v) is 11.5. The number of hydrogen-bond donors (Lipinski definition) is 2. The van der Waals surface area contributed by atoms with Crippen LogP contribution in [-0.4, -0.2) is 43.2 Å². The van der Waals surface area contributed by atoms with Crippen LogP contribution >= 0.6 is 0 Å². The summed E-state index contributed by atoms with van der Waals surface area (Å²) in [6.45, 7) is 9.93. The van der Waals surface area contributed by atoms with E-state index in [9.17, 15) is 4.79 Å². The number of carbonyl (C=O) groups excluding carboxylic acids is 1. The van der Waals surface area contributed by atoms with E-state index in [1.807, 2.05) is 4.90 Å². The van der Waals surface area contributed by atoms with Crippen molar-refractivity contribution in [1.29, 1.82) is 0 Å². The van der Waals surface area contributed by atoms with Crippen molar-refractivity contribution in [2.75, 3.05) is 26.2 Å². The van der Waals surface area contributed by atoms with Gasteiger partial charge in [-0.1, -0.05) is 20.8 Å². The molecule has 4 heteroatoms. The molecule has 0 aromatic rings. The molecule has 0 radical (unpaired) electrons. The lowest BCUT2D eigenvalue weighted by atomic mass is 10.1. The summed E-state index contributed by atoms with van der Waals surface area (Å²) in [6, 6.07) is 0.579. The summed E-state index contributed by atoms with van der Waals surface area (Å²) in [4.78, 5) is 14.0. The highest BCUT2D eigenvalue weighted by Gasteiger charge is 2.21. The Bertz CT molecular complexity index is 225. The fraction of sp³-hybridized carbons (Fsp3) is 0.923. The predicted octanol–water partition coefficient (Wildman–Crippen LogP) is 1.82. The molecule has 17 heavy (non-hydrogen) atoms. The van der Waals surface area contributed by atoms with Gasteiger partial charge in [0.2, 0.25) is 0 Å². The van der Waals surface area contributed by atoms with Gasteiger partial charge in [0.05, 0.1) is 0 Å². The summed E-state index contributed by atoms with van der Waals surface area (Å²) >= 11 is 0. The Morgan fingerprint density at radius 3 is 2.82 bits per heavy atom. The summed E-state index contributed by atoms with van der Waals surface area (Å²) in [5.74, 6) is 0.517. The van der Waals surface area contributed by atoms with Crippen LogP contribution in [0, 0.1) is 5.92 Å². The molecule has 1 rings (SSSR count). The second-order valence-corrected chi connectivity index (χ2v) is 5.32. The van der Waals surface area contributed by atoms with Crippen LogP contribution in [0.2, 0.25) is 0 Å². The largest absolute Gasteiger partial charge is 0.338 e. The number of hydrogen-bond acceptors (Lipinski definition) is 2. The van der Waals surface area contributed by atoms with E-state index in [4.69, 9.17) is 0 Å². The van der Waals surface area contributed by atoms with Crippen molar-refractivity contribution in [2.24, 2.45) is 5.92 Å². The second-order valence-electron chi connectivity index (χ2n) is 5.32. The predicted molar refractivity (Wildman–Crippen MR) is 71.1 cm³/mol. The van der Waals surface area contributed by atoms with Crippen molar-refractivity contribution in [2.45, 2.75) is 46.1 Å². The smallest absolute Gasteiger partial charge is 0.317 e. The average Bonchev–Trinajstić information content (AvgIpc) is 2.77. The highest BCUT2D eigenvalue weighted by molar-refractivity contribution is 5.74. The maximum absolute atomic E-state index is 12.0. The molecule has 1 atom stereocenters. The summed E-state index contributed by atoms with van der Waals surface area (Å²) in [5.41, 5.74) is 0. The van der Waals surface area contributed by atoms with Gasteiger partial charge in [-0.2, -0.15) is 0 Å². The number of amides is 2. The number of carbonyl (C=O) groups is 1. The Balaban J connectivity index is 2.43. The first-order valence-corrected chi connectivity index (χ1v) is 6.89. The monoisotopic (exact) mass is 241 g/mol. The third kappa shape index (κ3) is 5.39. The van der Waals surface area contributed by atoms with Gasteiger partial charge >= 0.3 is 6.03 Å². The van der Waals surface area contributed by atoms with Gasteiger partial charge in [0, 0.05) is 25.7 Å². The van der Waals surface area contributed by atoms with Gasteiger partial charge in [-0.25, -0.2) is 4.79 Å². The highest BCUT2D eigenvalue weighted by atomic mass is 16.2. The molecule has 1 saturated heterocycles. The Labute approximate surface area is 105 Å². The molecule has 2 amide bonds. The Morgan fingerprint density at radius 1 is 1.53 bits per heavy atom. The summed E-state index contributed by atoms with van der Waals surface area (Å²) < 4.78 is 0. The van der Waals surface area contributed by atoms with Crippen LogP contribution in [0.5, 0.6) is 0 Å². The molecule has 1 aliphatic heterocycles. The van der Waals surface area contributed by atoms with Crippen LogP contribution in [0.25, 0.3) is 0 Å². The Kier molecular flexibility index (Phi) is 6.34. The quantitative estimate of drug-likeness (QED) is 0.745. The van der Waals surface area contributed by atoms with Crippen molar-refractivity contribution >= 4 is 6.03 Å². The molecule has 100 valence electrons. The van der Waals surface area contributed by atoms with Gasteiger partial charge in [0.1, 0.15) is 0 Å². The summed E-state index contributed by atoms with van der Waals surface area (Å²) in [6.07, 6.45) is 3.41. The Morgan fingerprint density at radius 2 is 2.29 bits per heavy atom. The molecule has 0 bridgehead atoms. The first kappa shape index (κ1) is 14.3. The van der Waals surface area contributed by atoms with Crippen molar-refractivity contribution in [3.8, 4) is 0 Å². The number of nitrogens with zero attached hydrogens (tertiary/aromatic N) is 1. The van der Waals surface area contributed by atoms with Crippen LogP contribution in [0.1, 0.15) is 40.0 Å². The molecule has 0 saturated carbocycles. The van der Waals surface area contributed by atoms with Crippen molar-refractivity contribution in [3.63, 3.8) is 0 Å². The van der Waals surface area contributed by atoms with Gasteiger partial charge in [0.25, 0.3) is 0 Å². The van der Waals surface area contributed by atoms with E-state index in [2.05, 4.69) is 31.4 Å². The maximum Gasteiger partial charge on any atom is 0.317 e. The van der Waals surface area contributed by atoms with E-state index in [0.717, 1.165) is 32.6 Å². The molecule has 1 unspecified atom stereocenters.